The van der Waals surface area contributed by atoms with Gasteiger partial charge in [-0.05, 0) is 30.9 Å². The molecule has 1 aromatic rings. The summed E-state index contributed by atoms with van der Waals surface area (Å²) in [5.74, 6) is 0.613. The monoisotopic (exact) mass is 408 g/mol. The van der Waals surface area contributed by atoms with Crippen LogP contribution >= 0.6 is 0 Å². The van der Waals surface area contributed by atoms with E-state index in [0.29, 0.717) is 38.7 Å². The first-order valence-electron chi connectivity index (χ1n) is 10.5. The third kappa shape index (κ3) is 8.70. The number of aliphatic hydroxyl groups is 1. The molecule has 3 N–H and O–H groups in total. The molecule has 29 heavy (non-hydrogen) atoms. The van der Waals surface area contributed by atoms with Crippen LogP contribution in [0.1, 0.15) is 25.8 Å². The SMILES string of the molecule is COCC(OC(=O)NC(Cc1ccccc1)C(O)CNCC(C)C)C1CCOC1. The van der Waals surface area contributed by atoms with Gasteiger partial charge in [0.2, 0.25) is 0 Å². The van der Waals surface area contributed by atoms with Gasteiger partial charge in [-0.3, -0.25) is 0 Å². The first kappa shape index (κ1) is 23.6. The second-order valence-corrected chi connectivity index (χ2v) is 8.08. The zero-order valence-electron chi connectivity index (χ0n) is 17.8. The van der Waals surface area contributed by atoms with E-state index in [1.807, 2.05) is 30.3 Å². The molecule has 1 aliphatic rings. The predicted octanol–water partition coefficient (Wildman–Crippen LogP) is 1.98. The van der Waals surface area contributed by atoms with E-state index >= 15 is 0 Å². The summed E-state index contributed by atoms with van der Waals surface area (Å²) in [6.45, 7) is 6.98. The Morgan fingerprint density at radius 2 is 2.03 bits per heavy atom. The highest BCUT2D eigenvalue weighted by atomic mass is 16.6. The number of hydrogen-bond donors (Lipinski definition) is 3. The largest absolute Gasteiger partial charge is 0.443 e. The van der Waals surface area contributed by atoms with Crippen LogP contribution in [0.25, 0.3) is 0 Å². The van der Waals surface area contributed by atoms with Crippen molar-refractivity contribution in [2.45, 2.75) is 44.9 Å². The summed E-state index contributed by atoms with van der Waals surface area (Å²) in [6, 6.07) is 9.34. The Balaban J connectivity index is 1.97. The van der Waals surface area contributed by atoms with E-state index in [2.05, 4.69) is 24.5 Å². The smallest absolute Gasteiger partial charge is 0.407 e. The highest BCUT2D eigenvalue weighted by Crippen LogP contribution is 2.20. The number of carbonyl (C=O) groups is 1. The quantitative estimate of drug-likeness (QED) is 0.490. The molecule has 0 radical (unpaired) electrons. The fourth-order valence-corrected chi connectivity index (χ4v) is 3.41. The maximum absolute atomic E-state index is 12.6. The molecule has 0 aliphatic carbocycles. The molecule has 0 aromatic heterocycles. The zero-order valence-corrected chi connectivity index (χ0v) is 17.8. The number of rotatable bonds is 12. The summed E-state index contributed by atoms with van der Waals surface area (Å²) < 4.78 is 16.3. The van der Waals surface area contributed by atoms with Crippen LogP contribution < -0.4 is 10.6 Å². The average molecular weight is 409 g/mol. The Bertz CT molecular complexity index is 578. The molecular weight excluding hydrogens is 372 g/mol. The van der Waals surface area contributed by atoms with Crippen molar-refractivity contribution >= 4 is 6.09 Å². The number of amides is 1. The minimum atomic E-state index is -0.739. The molecular formula is C22H36N2O5. The Morgan fingerprint density at radius 1 is 1.28 bits per heavy atom. The number of ether oxygens (including phenoxy) is 3. The van der Waals surface area contributed by atoms with Gasteiger partial charge >= 0.3 is 6.09 Å². The van der Waals surface area contributed by atoms with Gasteiger partial charge in [0.25, 0.3) is 0 Å². The number of nitrogens with one attached hydrogen (secondary N) is 2. The number of methoxy groups -OCH3 is 1. The van der Waals surface area contributed by atoms with Crippen LogP contribution in [0.4, 0.5) is 4.79 Å². The lowest BCUT2D eigenvalue weighted by atomic mass is 10.0. The Labute approximate surface area is 174 Å². The second kappa shape index (κ2) is 12.8. The molecule has 0 bridgehead atoms. The number of hydrogen-bond acceptors (Lipinski definition) is 6. The first-order valence-corrected chi connectivity index (χ1v) is 10.5. The fraction of sp³-hybridized carbons (Fsp3) is 0.682. The van der Waals surface area contributed by atoms with Crippen molar-refractivity contribution in [3.05, 3.63) is 35.9 Å². The molecule has 1 aromatic carbocycles. The van der Waals surface area contributed by atoms with Crippen LogP contribution in [0, 0.1) is 11.8 Å². The Kier molecular flexibility index (Phi) is 10.4. The molecule has 7 heteroatoms. The Hall–Kier alpha value is -1.67. The van der Waals surface area contributed by atoms with Gasteiger partial charge in [0.15, 0.2) is 0 Å². The van der Waals surface area contributed by atoms with E-state index in [1.54, 1.807) is 7.11 Å². The molecule has 2 rings (SSSR count). The van der Waals surface area contributed by atoms with E-state index in [1.165, 1.54) is 0 Å². The molecule has 0 saturated carbocycles. The summed E-state index contributed by atoms with van der Waals surface area (Å²) in [5, 5.41) is 16.8. The molecule has 7 nitrogen and oxygen atoms in total. The summed E-state index contributed by atoms with van der Waals surface area (Å²) in [5.41, 5.74) is 1.04. The van der Waals surface area contributed by atoms with E-state index in [9.17, 15) is 9.90 Å². The molecule has 1 amide bonds. The van der Waals surface area contributed by atoms with Crippen LogP contribution in [0.2, 0.25) is 0 Å². The van der Waals surface area contributed by atoms with Crippen molar-refractivity contribution in [2.24, 2.45) is 11.8 Å². The summed E-state index contributed by atoms with van der Waals surface area (Å²) in [7, 11) is 1.59. The highest BCUT2D eigenvalue weighted by molar-refractivity contribution is 5.68. The van der Waals surface area contributed by atoms with E-state index in [0.717, 1.165) is 18.5 Å². The van der Waals surface area contributed by atoms with Crippen LogP contribution in [-0.4, -0.2) is 69.5 Å². The van der Waals surface area contributed by atoms with Gasteiger partial charge in [0.05, 0.1) is 25.4 Å². The van der Waals surface area contributed by atoms with Crippen LogP contribution in [0.3, 0.4) is 0 Å². The highest BCUT2D eigenvalue weighted by Gasteiger charge is 2.30. The molecule has 4 unspecified atom stereocenters. The first-order chi connectivity index (χ1) is 14.0. The second-order valence-electron chi connectivity index (χ2n) is 8.08. The molecule has 164 valence electrons. The topological polar surface area (TPSA) is 89.1 Å². The third-order valence-corrected chi connectivity index (χ3v) is 5.05. The maximum atomic E-state index is 12.6. The third-order valence-electron chi connectivity index (χ3n) is 5.05. The lowest BCUT2D eigenvalue weighted by molar-refractivity contribution is 0.000252. The van der Waals surface area contributed by atoms with Crippen LogP contribution in [0.15, 0.2) is 30.3 Å². The maximum Gasteiger partial charge on any atom is 0.407 e. The van der Waals surface area contributed by atoms with Crippen molar-refractivity contribution in [1.82, 2.24) is 10.6 Å². The van der Waals surface area contributed by atoms with E-state index in [-0.39, 0.29) is 12.0 Å². The van der Waals surface area contributed by atoms with E-state index < -0.39 is 18.2 Å². The molecule has 0 spiro atoms. The van der Waals surface area contributed by atoms with Crippen LogP contribution in [0.5, 0.6) is 0 Å². The molecule has 1 aliphatic heterocycles. The molecule has 1 saturated heterocycles. The minimum Gasteiger partial charge on any atom is -0.443 e. The van der Waals surface area contributed by atoms with Crippen molar-refractivity contribution in [3.8, 4) is 0 Å². The number of aliphatic hydroxyl groups excluding tert-OH is 1. The molecule has 1 fully saturated rings. The van der Waals surface area contributed by atoms with E-state index in [4.69, 9.17) is 14.2 Å². The van der Waals surface area contributed by atoms with Gasteiger partial charge < -0.3 is 30.0 Å². The van der Waals surface area contributed by atoms with Crippen molar-refractivity contribution < 1.29 is 24.1 Å². The van der Waals surface area contributed by atoms with Crippen LogP contribution in [-0.2, 0) is 20.6 Å². The van der Waals surface area contributed by atoms with Gasteiger partial charge in [-0.2, -0.15) is 0 Å². The average Bonchev–Trinajstić information content (AvgIpc) is 3.22. The number of carbonyl (C=O) groups excluding carboxylic acids is 1. The molecule has 4 atom stereocenters. The molecule has 1 heterocycles. The number of alkyl carbamates (subject to hydrolysis) is 1. The summed E-state index contributed by atoms with van der Waals surface area (Å²) in [6.07, 6.45) is -0.283. The number of benzene rings is 1. The van der Waals surface area contributed by atoms with Crippen molar-refractivity contribution in [3.63, 3.8) is 0 Å². The van der Waals surface area contributed by atoms with Gasteiger partial charge in [0.1, 0.15) is 6.10 Å². The predicted molar refractivity (Wildman–Crippen MR) is 112 cm³/mol. The minimum absolute atomic E-state index is 0.130. The van der Waals surface area contributed by atoms with Gasteiger partial charge in [-0.15, -0.1) is 0 Å². The van der Waals surface area contributed by atoms with Crippen molar-refractivity contribution in [1.29, 1.82) is 0 Å². The summed E-state index contributed by atoms with van der Waals surface area (Å²) >= 11 is 0. The summed E-state index contributed by atoms with van der Waals surface area (Å²) in [4.78, 5) is 12.6. The van der Waals surface area contributed by atoms with Gasteiger partial charge in [-0.1, -0.05) is 44.2 Å². The standard InChI is InChI=1S/C22H36N2O5/c1-16(2)12-23-13-20(25)19(11-17-7-5-4-6-8-17)24-22(26)29-21(15-27-3)18-9-10-28-14-18/h4-8,16,18-21,23,25H,9-15H2,1-3H3,(H,24,26). The zero-order chi connectivity index (χ0) is 21.1. The fourth-order valence-electron chi connectivity index (χ4n) is 3.41. The lowest BCUT2D eigenvalue weighted by Crippen LogP contribution is -2.50. The normalized spacial score (nSPS) is 19.7. The lowest BCUT2D eigenvalue weighted by Gasteiger charge is -2.27. The Morgan fingerprint density at radius 3 is 2.66 bits per heavy atom. The van der Waals surface area contributed by atoms with Gasteiger partial charge in [0, 0.05) is 26.2 Å². The van der Waals surface area contributed by atoms with Gasteiger partial charge in [-0.25, -0.2) is 4.79 Å². The van der Waals surface area contributed by atoms with Crippen molar-refractivity contribution in [2.75, 3.05) is 40.0 Å².